The third-order valence-electron chi connectivity index (χ3n) is 4.27. The highest BCUT2D eigenvalue weighted by Gasteiger charge is 2.30. The lowest BCUT2D eigenvalue weighted by molar-refractivity contribution is -0.133. The molecular formula is C17H27N3O4S. The van der Waals surface area contributed by atoms with Gasteiger partial charge in [0.05, 0.1) is 11.4 Å². The van der Waals surface area contributed by atoms with Gasteiger partial charge in [-0.15, -0.1) is 0 Å². The first-order chi connectivity index (χ1) is 11.9. The Kier molecular flexibility index (Phi) is 7.37. The smallest absolute Gasteiger partial charge is 0.243 e. The fourth-order valence-corrected chi connectivity index (χ4v) is 4.25. The van der Waals surface area contributed by atoms with E-state index in [9.17, 15) is 13.2 Å². The first kappa shape index (κ1) is 19.8. The van der Waals surface area contributed by atoms with E-state index in [1.807, 2.05) is 11.9 Å². The molecule has 1 amide bonds. The molecule has 0 saturated carbocycles. The predicted octanol–water partition coefficient (Wildman–Crippen LogP) is 0.488. The standard InChI is InChI=1S/C17H27N3O4S/c1-18(9-6-14-24-2)15-17(21)19-10-12-20(13-11-19)25(22,23)16-7-4-3-5-8-16/h3-5,7-8H,6,9-15H2,1-2H3. The normalized spacial score (nSPS) is 16.4. The Hall–Kier alpha value is -1.48. The minimum Gasteiger partial charge on any atom is -0.385 e. The highest BCUT2D eigenvalue weighted by Crippen LogP contribution is 2.17. The van der Waals surface area contributed by atoms with E-state index in [0.29, 0.717) is 44.2 Å². The van der Waals surface area contributed by atoms with Crippen molar-refractivity contribution in [3.8, 4) is 0 Å². The van der Waals surface area contributed by atoms with E-state index in [0.717, 1.165) is 13.0 Å². The molecule has 0 bridgehead atoms. The van der Waals surface area contributed by atoms with Crippen LogP contribution in [0.2, 0.25) is 0 Å². The number of amides is 1. The largest absolute Gasteiger partial charge is 0.385 e. The number of carbonyl (C=O) groups is 1. The number of hydrogen-bond donors (Lipinski definition) is 0. The van der Waals surface area contributed by atoms with Crippen LogP contribution in [0.3, 0.4) is 0 Å². The van der Waals surface area contributed by atoms with Crippen LogP contribution in [-0.2, 0) is 19.6 Å². The quantitative estimate of drug-likeness (QED) is 0.624. The van der Waals surface area contributed by atoms with Gasteiger partial charge in [-0.2, -0.15) is 4.31 Å². The van der Waals surface area contributed by atoms with Crippen LogP contribution in [0.5, 0.6) is 0 Å². The maximum absolute atomic E-state index is 12.6. The Morgan fingerprint density at radius 3 is 2.40 bits per heavy atom. The summed E-state index contributed by atoms with van der Waals surface area (Å²) in [6.07, 6.45) is 0.878. The molecule has 0 atom stereocenters. The van der Waals surface area contributed by atoms with Crippen molar-refractivity contribution in [3.63, 3.8) is 0 Å². The second-order valence-corrected chi connectivity index (χ2v) is 8.12. The highest BCUT2D eigenvalue weighted by atomic mass is 32.2. The summed E-state index contributed by atoms with van der Waals surface area (Å²) < 4.78 is 31.6. The molecule has 0 aromatic heterocycles. The van der Waals surface area contributed by atoms with Gasteiger partial charge in [0, 0.05) is 46.4 Å². The van der Waals surface area contributed by atoms with E-state index >= 15 is 0 Å². The summed E-state index contributed by atoms with van der Waals surface area (Å²) in [5.41, 5.74) is 0. The van der Waals surface area contributed by atoms with Gasteiger partial charge < -0.3 is 9.64 Å². The number of carbonyl (C=O) groups excluding carboxylic acids is 1. The van der Waals surface area contributed by atoms with E-state index in [-0.39, 0.29) is 5.91 Å². The van der Waals surface area contributed by atoms with Crippen molar-refractivity contribution in [3.05, 3.63) is 30.3 Å². The molecule has 0 N–H and O–H groups in total. The zero-order chi connectivity index (χ0) is 18.3. The molecule has 1 aromatic carbocycles. The van der Waals surface area contributed by atoms with Crippen LogP contribution in [0, 0.1) is 0 Å². The van der Waals surface area contributed by atoms with Crippen molar-refractivity contribution in [2.75, 3.05) is 60.0 Å². The van der Waals surface area contributed by atoms with Gasteiger partial charge in [0.25, 0.3) is 0 Å². The van der Waals surface area contributed by atoms with Crippen molar-refractivity contribution in [1.82, 2.24) is 14.1 Å². The van der Waals surface area contributed by atoms with E-state index < -0.39 is 10.0 Å². The van der Waals surface area contributed by atoms with Crippen LogP contribution in [-0.4, -0.2) is 88.5 Å². The Labute approximate surface area is 150 Å². The minimum absolute atomic E-state index is 0.0386. The van der Waals surface area contributed by atoms with Crippen LogP contribution in [0.4, 0.5) is 0 Å². The highest BCUT2D eigenvalue weighted by molar-refractivity contribution is 7.89. The molecule has 140 valence electrons. The molecule has 1 aliphatic heterocycles. The zero-order valence-corrected chi connectivity index (χ0v) is 15.7. The predicted molar refractivity (Wildman–Crippen MR) is 95.8 cm³/mol. The van der Waals surface area contributed by atoms with E-state index in [4.69, 9.17) is 4.74 Å². The van der Waals surface area contributed by atoms with Crippen molar-refractivity contribution in [1.29, 1.82) is 0 Å². The number of ether oxygens (including phenoxy) is 1. The summed E-state index contributed by atoms with van der Waals surface area (Å²) in [6, 6.07) is 8.42. The molecule has 1 saturated heterocycles. The lowest BCUT2D eigenvalue weighted by atomic mass is 10.3. The van der Waals surface area contributed by atoms with Crippen molar-refractivity contribution < 1.29 is 17.9 Å². The molecule has 1 aliphatic rings. The maximum atomic E-state index is 12.6. The molecule has 0 radical (unpaired) electrons. The zero-order valence-electron chi connectivity index (χ0n) is 14.9. The average Bonchev–Trinajstić information content (AvgIpc) is 2.62. The maximum Gasteiger partial charge on any atom is 0.243 e. The summed E-state index contributed by atoms with van der Waals surface area (Å²) >= 11 is 0. The summed E-state index contributed by atoms with van der Waals surface area (Å²) in [6.45, 7) is 3.33. The Balaban J connectivity index is 1.84. The van der Waals surface area contributed by atoms with Gasteiger partial charge in [-0.25, -0.2) is 8.42 Å². The molecule has 25 heavy (non-hydrogen) atoms. The summed E-state index contributed by atoms with van der Waals surface area (Å²) in [4.78, 5) is 16.4. The number of likely N-dealkylation sites (N-methyl/N-ethyl adjacent to an activating group) is 1. The molecule has 8 heteroatoms. The molecule has 0 aliphatic carbocycles. The number of nitrogens with zero attached hydrogens (tertiary/aromatic N) is 3. The SMILES string of the molecule is COCCCN(C)CC(=O)N1CCN(S(=O)(=O)c2ccccc2)CC1. The first-order valence-electron chi connectivity index (χ1n) is 8.45. The second-order valence-electron chi connectivity index (χ2n) is 6.18. The van der Waals surface area contributed by atoms with E-state index in [1.54, 1.807) is 42.3 Å². The van der Waals surface area contributed by atoms with Crippen molar-refractivity contribution in [2.24, 2.45) is 0 Å². The number of piperazine rings is 1. The van der Waals surface area contributed by atoms with Gasteiger partial charge in [-0.05, 0) is 25.6 Å². The average molecular weight is 369 g/mol. The monoisotopic (exact) mass is 369 g/mol. The van der Waals surface area contributed by atoms with Gasteiger partial charge in [-0.1, -0.05) is 18.2 Å². The lowest BCUT2D eigenvalue weighted by Crippen LogP contribution is -2.52. The number of benzene rings is 1. The molecule has 7 nitrogen and oxygen atoms in total. The molecule has 1 heterocycles. The summed E-state index contributed by atoms with van der Waals surface area (Å²) in [7, 11) is 0.0892. The molecule has 1 aromatic rings. The Morgan fingerprint density at radius 2 is 1.80 bits per heavy atom. The summed E-state index contributed by atoms with van der Waals surface area (Å²) in [5, 5.41) is 0. The topological polar surface area (TPSA) is 70.2 Å². The Bertz CT molecular complexity index is 643. The molecule has 0 spiro atoms. The van der Waals surface area contributed by atoms with Crippen LogP contribution in [0.25, 0.3) is 0 Å². The van der Waals surface area contributed by atoms with E-state index in [1.165, 1.54) is 4.31 Å². The molecular weight excluding hydrogens is 342 g/mol. The number of rotatable bonds is 8. The van der Waals surface area contributed by atoms with Crippen LogP contribution in [0.1, 0.15) is 6.42 Å². The van der Waals surface area contributed by atoms with Crippen LogP contribution >= 0.6 is 0 Å². The van der Waals surface area contributed by atoms with Gasteiger partial charge in [-0.3, -0.25) is 9.69 Å². The number of sulfonamides is 1. The third kappa shape index (κ3) is 5.50. The fraction of sp³-hybridized carbons (Fsp3) is 0.588. The van der Waals surface area contributed by atoms with Crippen LogP contribution in [0.15, 0.2) is 35.2 Å². The minimum atomic E-state index is -3.48. The number of hydrogen-bond acceptors (Lipinski definition) is 5. The van der Waals surface area contributed by atoms with Crippen LogP contribution < -0.4 is 0 Å². The van der Waals surface area contributed by atoms with E-state index in [2.05, 4.69) is 0 Å². The van der Waals surface area contributed by atoms with Crippen molar-refractivity contribution in [2.45, 2.75) is 11.3 Å². The second kappa shape index (κ2) is 9.28. The van der Waals surface area contributed by atoms with Gasteiger partial charge in [0.2, 0.25) is 15.9 Å². The molecule has 0 unspecified atom stereocenters. The van der Waals surface area contributed by atoms with Gasteiger partial charge >= 0.3 is 0 Å². The lowest BCUT2D eigenvalue weighted by Gasteiger charge is -2.34. The molecule has 2 rings (SSSR count). The fourth-order valence-electron chi connectivity index (χ4n) is 2.81. The van der Waals surface area contributed by atoms with Crippen molar-refractivity contribution >= 4 is 15.9 Å². The Morgan fingerprint density at radius 1 is 1.16 bits per heavy atom. The third-order valence-corrected chi connectivity index (χ3v) is 6.18. The van der Waals surface area contributed by atoms with Gasteiger partial charge in [0.1, 0.15) is 0 Å². The molecule has 1 fully saturated rings. The number of methoxy groups -OCH3 is 1. The first-order valence-corrected chi connectivity index (χ1v) is 9.89. The summed E-state index contributed by atoms with van der Waals surface area (Å²) in [5.74, 6) is 0.0386. The van der Waals surface area contributed by atoms with Gasteiger partial charge in [0.15, 0.2) is 0 Å².